The summed E-state index contributed by atoms with van der Waals surface area (Å²) in [6.45, 7) is 4.31. The van der Waals surface area contributed by atoms with Crippen LogP contribution in [0.3, 0.4) is 0 Å². The van der Waals surface area contributed by atoms with E-state index in [0.29, 0.717) is 11.7 Å². The summed E-state index contributed by atoms with van der Waals surface area (Å²) in [5.74, 6) is 0.0615. The molecule has 116 valence electrons. The molecule has 0 bridgehead atoms. The molecule has 1 heterocycles. The molecule has 0 fully saturated rings. The number of amides is 1. The Morgan fingerprint density at radius 3 is 2.32 bits per heavy atom. The van der Waals surface area contributed by atoms with Crippen LogP contribution in [0.4, 0.5) is 17.6 Å². The highest BCUT2D eigenvalue weighted by atomic mass is 32.2. The molecule has 1 atom stereocenters. The predicted molar refractivity (Wildman–Crippen MR) is 88.4 cm³/mol. The van der Waals surface area contributed by atoms with Crippen molar-refractivity contribution in [1.29, 1.82) is 0 Å². The Balaban J connectivity index is 2.14. The average Bonchev–Trinajstić information content (AvgIpc) is 2.47. The quantitative estimate of drug-likeness (QED) is 0.805. The van der Waals surface area contributed by atoms with Crippen LogP contribution in [0.2, 0.25) is 0 Å². The van der Waals surface area contributed by atoms with Crippen LogP contribution in [-0.2, 0) is 4.79 Å². The molecule has 0 saturated heterocycles. The maximum atomic E-state index is 12.6. The molecule has 1 aromatic carbocycles. The molecular formula is C14H18N6OS. The lowest BCUT2D eigenvalue weighted by Crippen LogP contribution is -2.36. The van der Waals surface area contributed by atoms with E-state index in [-0.39, 0.29) is 23.1 Å². The number of nitrogen functional groups attached to an aromatic ring is 2. The third kappa shape index (κ3) is 3.85. The second-order valence-electron chi connectivity index (χ2n) is 4.51. The van der Waals surface area contributed by atoms with Crippen LogP contribution in [0.1, 0.15) is 13.8 Å². The minimum atomic E-state index is -0.374. The Hall–Kier alpha value is -2.35. The van der Waals surface area contributed by atoms with Crippen LogP contribution < -0.4 is 16.4 Å². The van der Waals surface area contributed by atoms with Crippen molar-refractivity contribution in [2.75, 3.05) is 22.9 Å². The molecule has 2 rings (SSSR count). The highest BCUT2D eigenvalue weighted by molar-refractivity contribution is 8.00. The van der Waals surface area contributed by atoms with Gasteiger partial charge in [0.1, 0.15) is 0 Å². The normalized spacial score (nSPS) is 11.9. The van der Waals surface area contributed by atoms with Crippen molar-refractivity contribution in [3.05, 3.63) is 30.3 Å². The predicted octanol–water partition coefficient (Wildman–Crippen LogP) is 1.57. The monoisotopic (exact) mass is 318 g/mol. The summed E-state index contributed by atoms with van der Waals surface area (Å²) in [4.78, 5) is 26.0. The molecule has 0 spiro atoms. The lowest BCUT2D eigenvalue weighted by Gasteiger charge is -2.24. The molecule has 0 aliphatic carbocycles. The van der Waals surface area contributed by atoms with Gasteiger partial charge in [-0.15, -0.1) is 0 Å². The number of aromatic nitrogens is 3. The molecule has 0 saturated carbocycles. The number of nitrogens with two attached hydrogens (primary N) is 2. The number of carbonyl (C=O) groups is 1. The van der Waals surface area contributed by atoms with E-state index in [1.807, 2.05) is 37.3 Å². The van der Waals surface area contributed by atoms with Gasteiger partial charge in [-0.1, -0.05) is 30.0 Å². The van der Waals surface area contributed by atoms with E-state index in [1.165, 1.54) is 11.8 Å². The number of nitrogens with zero attached hydrogens (tertiary/aromatic N) is 4. The standard InChI is InChI=1S/C14H18N6OS/c1-3-20(10-7-5-4-6-8-10)11(21)9(2)22-14-18-12(15)17-13(16)19-14/h4-9H,3H2,1-2H3,(H4,15,16,17,18,19)/t9-/m0/s1. The van der Waals surface area contributed by atoms with Crippen LogP contribution in [0.5, 0.6) is 0 Å². The third-order valence-electron chi connectivity index (χ3n) is 2.93. The number of benzene rings is 1. The fourth-order valence-electron chi connectivity index (χ4n) is 1.94. The zero-order valence-corrected chi connectivity index (χ0v) is 13.2. The number of carbonyl (C=O) groups excluding carboxylic acids is 1. The van der Waals surface area contributed by atoms with Gasteiger partial charge < -0.3 is 16.4 Å². The molecule has 8 heteroatoms. The van der Waals surface area contributed by atoms with E-state index in [9.17, 15) is 4.79 Å². The first-order valence-corrected chi connectivity index (χ1v) is 7.69. The van der Waals surface area contributed by atoms with Gasteiger partial charge in [0.15, 0.2) is 5.16 Å². The van der Waals surface area contributed by atoms with Gasteiger partial charge in [-0.3, -0.25) is 4.79 Å². The van der Waals surface area contributed by atoms with E-state index in [1.54, 1.807) is 11.8 Å². The van der Waals surface area contributed by atoms with Gasteiger partial charge in [-0.2, -0.15) is 15.0 Å². The maximum absolute atomic E-state index is 12.6. The van der Waals surface area contributed by atoms with E-state index in [4.69, 9.17) is 11.5 Å². The van der Waals surface area contributed by atoms with Crippen LogP contribution >= 0.6 is 11.8 Å². The zero-order chi connectivity index (χ0) is 16.1. The van der Waals surface area contributed by atoms with Gasteiger partial charge in [0.05, 0.1) is 5.25 Å². The molecule has 7 nitrogen and oxygen atoms in total. The maximum Gasteiger partial charge on any atom is 0.240 e. The van der Waals surface area contributed by atoms with Gasteiger partial charge in [0.2, 0.25) is 17.8 Å². The largest absolute Gasteiger partial charge is 0.368 e. The fourth-order valence-corrected chi connectivity index (χ4v) is 2.78. The van der Waals surface area contributed by atoms with Gasteiger partial charge in [-0.25, -0.2) is 0 Å². The molecule has 2 aromatic rings. The molecule has 0 unspecified atom stereocenters. The van der Waals surface area contributed by atoms with Crippen molar-refractivity contribution < 1.29 is 4.79 Å². The number of rotatable bonds is 5. The van der Waals surface area contributed by atoms with E-state index >= 15 is 0 Å². The molecule has 0 aliphatic rings. The van der Waals surface area contributed by atoms with Crippen molar-refractivity contribution in [3.63, 3.8) is 0 Å². The molecular weight excluding hydrogens is 300 g/mol. The molecule has 1 aromatic heterocycles. The van der Waals surface area contributed by atoms with Gasteiger partial charge >= 0.3 is 0 Å². The highest BCUT2D eigenvalue weighted by Crippen LogP contribution is 2.24. The van der Waals surface area contributed by atoms with E-state index < -0.39 is 0 Å². The molecule has 0 radical (unpaired) electrons. The van der Waals surface area contributed by atoms with Crippen molar-refractivity contribution in [3.8, 4) is 0 Å². The summed E-state index contributed by atoms with van der Waals surface area (Å²) in [7, 11) is 0. The van der Waals surface area contributed by atoms with Gasteiger partial charge in [-0.05, 0) is 26.0 Å². The smallest absolute Gasteiger partial charge is 0.240 e. The number of hydrogen-bond donors (Lipinski definition) is 2. The highest BCUT2D eigenvalue weighted by Gasteiger charge is 2.23. The molecule has 4 N–H and O–H groups in total. The fraction of sp³-hybridized carbons (Fsp3) is 0.286. The third-order valence-corrected chi connectivity index (χ3v) is 3.88. The minimum absolute atomic E-state index is 0.0312. The van der Waals surface area contributed by atoms with Crippen LogP contribution in [0, 0.1) is 0 Å². The second-order valence-corrected chi connectivity index (χ2v) is 5.82. The summed E-state index contributed by atoms with van der Waals surface area (Å²) in [6, 6.07) is 9.51. The summed E-state index contributed by atoms with van der Waals surface area (Å²) >= 11 is 1.20. The first-order chi connectivity index (χ1) is 10.5. The molecule has 0 aliphatic heterocycles. The Labute approximate surface area is 133 Å². The average molecular weight is 318 g/mol. The Morgan fingerprint density at radius 2 is 1.77 bits per heavy atom. The van der Waals surface area contributed by atoms with Crippen molar-refractivity contribution in [2.45, 2.75) is 24.3 Å². The summed E-state index contributed by atoms with van der Waals surface area (Å²) in [6.07, 6.45) is 0. The van der Waals surface area contributed by atoms with Crippen molar-refractivity contribution in [2.24, 2.45) is 0 Å². The van der Waals surface area contributed by atoms with Crippen LogP contribution in [0.15, 0.2) is 35.5 Å². The van der Waals surface area contributed by atoms with Gasteiger partial charge in [0.25, 0.3) is 0 Å². The van der Waals surface area contributed by atoms with Gasteiger partial charge in [0, 0.05) is 12.2 Å². The first-order valence-electron chi connectivity index (χ1n) is 6.81. The summed E-state index contributed by atoms with van der Waals surface area (Å²) in [5, 5.41) is -0.0312. The summed E-state index contributed by atoms with van der Waals surface area (Å²) in [5.41, 5.74) is 11.9. The number of para-hydroxylation sites is 1. The topological polar surface area (TPSA) is 111 Å². The lowest BCUT2D eigenvalue weighted by molar-refractivity contribution is -0.117. The second kappa shape index (κ2) is 7.08. The zero-order valence-electron chi connectivity index (χ0n) is 12.4. The first kappa shape index (κ1) is 16.0. The van der Waals surface area contributed by atoms with Crippen molar-refractivity contribution in [1.82, 2.24) is 15.0 Å². The van der Waals surface area contributed by atoms with Crippen molar-refractivity contribution >= 4 is 35.3 Å². The van der Waals surface area contributed by atoms with Crippen LogP contribution in [-0.4, -0.2) is 32.7 Å². The van der Waals surface area contributed by atoms with E-state index in [0.717, 1.165) is 5.69 Å². The lowest BCUT2D eigenvalue weighted by atomic mass is 10.2. The summed E-state index contributed by atoms with van der Waals surface area (Å²) < 4.78 is 0. The molecule has 1 amide bonds. The Morgan fingerprint density at radius 1 is 1.18 bits per heavy atom. The number of hydrogen-bond acceptors (Lipinski definition) is 7. The number of thioether (sulfide) groups is 1. The minimum Gasteiger partial charge on any atom is -0.368 e. The Kier molecular flexibility index (Phi) is 5.16. The van der Waals surface area contributed by atoms with Crippen LogP contribution in [0.25, 0.3) is 0 Å². The Bertz CT molecular complexity index is 631. The van der Waals surface area contributed by atoms with E-state index in [2.05, 4.69) is 15.0 Å². The SMILES string of the molecule is CCN(C(=O)[C@H](C)Sc1nc(N)nc(N)n1)c1ccccc1. The molecule has 22 heavy (non-hydrogen) atoms. The number of anilines is 3.